The van der Waals surface area contributed by atoms with E-state index in [0.29, 0.717) is 15.7 Å². The van der Waals surface area contributed by atoms with Gasteiger partial charge in [0.25, 0.3) is 0 Å². The van der Waals surface area contributed by atoms with Crippen molar-refractivity contribution in [2.45, 2.75) is 4.90 Å². The SMILES string of the molecule is COc1ccc(-c2ccccc2)cc1NSc1cc(Cl)cc(Cl)c1F. The summed E-state index contributed by atoms with van der Waals surface area (Å²) in [6, 6.07) is 18.7. The molecule has 0 bridgehead atoms. The van der Waals surface area contributed by atoms with Crippen molar-refractivity contribution < 1.29 is 9.13 Å². The van der Waals surface area contributed by atoms with Gasteiger partial charge in [0, 0.05) is 5.02 Å². The van der Waals surface area contributed by atoms with Gasteiger partial charge < -0.3 is 9.46 Å². The quantitative estimate of drug-likeness (QED) is 0.375. The van der Waals surface area contributed by atoms with E-state index in [1.54, 1.807) is 7.11 Å². The van der Waals surface area contributed by atoms with Gasteiger partial charge in [-0.15, -0.1) is 0 Å². The highest BCUT2D eigenvalue weighted by molar-refractivity contribution is 8.00. The lowest BCUT2D eigenvalue weighted by atomic mass is 10.1. The summed E-state index contributed by atoms with van der Waals surface area (Å²) in [6.45, 7) is 0. The first-order valence-electron chi connectivity index (χ1n) is 7.39. The van der Waals surface area contributed by atoms with Crippen LogP contribution in [0.15, 0.2) is 65.6 Å². The minimum Gasteiger partial charge on any atom is -0.495 e. The summed E-state index contributed by atoms with van der Waals surface area (Å²) >= 11 is 12.9. The van der Waals surface area contributed by atoms with Gasteiger partial charge >= 0.3 is 0 Å². The predicted octanol–water partition coefficient (Wildman–Crippen LogP) is 6.93. The molecule has 0 aliphatic rings. The summed E-state index contributed by atoms with van der Waals surface area (Å²) in [5.41, 5.74) is 2.83. The molecule has 0 aliphatic carbocycles. The minimum atomic E-state index is -0.512. The number of hydrogen-bond donors (Lipinski definition) is 1. The molecule has 0 aliphatic heterocycles. The van der Waals surface area contributed by atoms with Crippen molar-refractivity contribution in [3.8, 4) is 16.9 Å². The van der Waals surface area contributed by atoms with Gasteiger partial charge in [-0.25, -0.2) is 4.39 Å². The van der Waals surface area contributed by atoms with Crippen LogP contribution < -0.4 is 9.46 Å². The molecule has 0 atom stereocenters. The largest absolute Gasteiger partial charge is 0.495 e. The molecule has 25 heavy (non-hydrogen) atoms. The second kappa shape index (κ2) is 8.00. The van der Waals surface area contributed by atoms with Gasteiger partial charge in [-0.1, -0.05) is 59.6 Å². The topological polar surface area (TPSA) is 21.3 Å². The average molecular weight is 394 g/mol. The maximum atomic E-state index is 14.1. The van der Waals surface area contributed by atoms with Crippen LogP contribution in [-0.4, -0.2) is 7.11 Å². The lowest BCUT2D eigenvalue weighted by Gasteiger charge is -2.13. The summed E-state index contributed by atoms with van der Waals surface area (Å²) < 4.78 is 22.6. The van der Waals surface area contributed by atoms with Crippen molar-refractivity contribution >= 4 is 40.8 Å². The Kier molecular flexibility index (Phi) is 5.74. The molecule has 0 saturated heterocycles. The van der Waals surface area contributed by atoms with Crippen LogP contribution in [0.3, 0.4) is 0 Å². The normalized spacial score (nSPS) is 10.6. The molecule has 0 fully saturated rings. The molecule has 0 aromatic heterocycles. The number of halogens is 3. The highest BCUT2D eigenvalue weighted by atomic mass is 35.5. The maximum Gasteiger partial charge on any atom is 0.157 e. The second-order valence-corrected chi connectivity index (χ2v) is 6.88. The van der Waals surface area contributed by atoms with Crippen molar-refractivity contribution in [1.82, 2.24) is 0 Å². The van der Waals surface area contributed by atoms with E-state index in [0.717, 1.165) is 28.8 Å². The smallest absolute Gasteiger partial charge is 0.157 e. The number of benzene rings is 3. The van der Waals surface area contributed by atoms with Gasteiger partial charge in [-0.3, -0.25) is 0 Å². The third-order valence-corrected chi connectivity index (χ3v) is 4.87. The third kappa shape index (κ3) is 4.21. The second-order valence-electron chi connectivity index (χ2n) is 5.18. The fraction of sp³-hybridized carbons (Fsp3) is 0.0526. The molecule has 0 unspecified atom stereocenters. The van der Waals surface area contributed by atoms with Crippen molar-refractivity contribution in [3.05, 3.63) is 76.5 Å². The Morgan fingerprint density at radius 1 is 0.960 bits per heavy atom. The van der Waals surface area contributed by atoms with Gasteiger partial charge in [0.2, 0.25) is 0 Å². The molecule has 0 saturated carbocycles. The first kappa shape index (κ1) is 17.9. The Hall–Kier alpha value is -1.88. The molecule has 2 nitrogen and oxygen atoms in total. The molecule has 3 rings (SSSR count). The highest BCUT2D eigenvalue weighted by Gasteiger charge is 2.12. The van der Waals surface area contributed by atoms with E-state index in [2.05, 4.69) is 4.72 Å². The molecule has 6 heteroatoms. The van der Waals surface area contributed by atoms with E-state index in [1.807, 2.05) is 48.5 Å². The van der Waals surface area contributed by atoms with E-state index in [4.69, 9.17) is 27.9 Å². The van der Waals surface area contributed by atoms with Gasteiger partial charge in [0.15, 0.2) is 5.82 Å². The van der Waals surface area contributed by atoms with Crippen LogP contribution in [0.2, 0.25) is 10.0 Å². The van der Waals surface area contributed by atoms with Gasteiger partial charge in [0.05, 0.1) is 22.7 Å². The summed E-state index contributed by atoms with van der Waals surface area (Å²) in [4.78, 5) is 0.310. The molecular formula is C19H14Cl2FNOS. The van der Waals surface area contributed by atoms with E-state index in [-0.39, 0.29) is 5.02 Å². The van der Waals surface area contributed by atoms with E-state index >= 15 is 0 Å². The van der Waals surface area contributed by atoms with E-state index < -0.39 is 5.82 Å². The molecule has 0 amide bonds. The highest BCUT2D eigenvalue weighted by Crippen LogP contribution is 2.36. The Bertz CT molecular complexity index is 890. The minimum absolute atomic E-state index is 0.0122. The molecular weight excluding hydrogens is 380 g/mol. The molecule has 3 aromatic carbocycles. The van der Waals surface area contributed by atoms with Crippen LogP contribution >= 0.6 is 35.1 Å². The summed E-state index contributed by atoms with van der Waals surface area (Å²) in [5, 5.41) is 0.363. The van der Waals surface area contributed by atoms with E-state index in [9.17, 15) is 4.39 Å². The van der Waals surface area contributed by atoms with Crippen LogP contribution in [0, 0.1) is 5.82 Å². The number of methoxy groups -OCH3 is 1. The van der Waals surface area contributed by atoms with Gasteiger partial charge in [0.1, 0.15) is 5.75 Å². The molecule has 0 radical (unpaired) electrons. The molecule has 0 spiro atoms. The zero-order valence-electron chi connectivity index (χ0n) is 13.2. The summed E-state index contributed by atoms with van der Waals surface area (Å²) in [6.07, 6.45) is 0. The first-order valence-corrected chi connectivity index (χ1v) is 8.96. The van der Waals surface area contributed by atoms with Crippen LogP contribution in [0.5, 0.6) is 5.75 Å². The molecule has 128 valence electrons. The summed E-state index contributed by atoms with van der Waals surface area (Å²) in [5.74, 6) is 0.141. The standard InChI is InChI=1S/C19H14Cl2FNOS/c1-24-17-8-7-13(12-5-3-2-4-6-12)9-16(17)23-25-18-11-14(20)10-15(21)19(18)22/h2-11,23H,1H3. The van der Waals surface area contributed by atoms with Gasteiger partial charge in [-0.05, 0) is 47.3 Å². The fourth-order valence-corrected chi connectivity index (χ4v) is 3.69. The predicted molar refractivity (Wildman–Crippen MR) is 104 cm³/mol. The molecule has 0 heterocycles. The Labute approximate surface area is 160 Å². The maximum absolute atomic E-state index is 14.1. The number of ether oxygens (including phenoxy) is 1. The number of anilines is 1. The van der Waals surface area contributed by atoms with Crippen molar-refractivity contribution in [3.63, 3.8) is 0 Å². The van der Waals surface area contributed by atoms with Crippen molar-refractivity contribution in [2.24, 2.45) is 0 Å². The Morgan fingerprint density at radius 2 is 1.72 bits per heavy atom. The zero-order valence-corrected chi connectivity index (χ0v) is 15.6. The Morgan fingerprint density at radius 3 is 2.44 bits per heavy atom. The first-order chi connectivity index (χ1) is 12.1. The Balaban J connectivity index is 1.89. The number of rotatable bonds is 5. The van der Waals surface area contributed by atoms with Crippen LogP contribution in [0.1, 0.15) is 0 Å². The fourth-order valence-electron chi connectivity index (χ4n) is 2.31. The van der Waals surface area contributed by atoms with Crippen LogP contribution in [0.4, 0.5) is 10.1 Å². The van der Waals surface area contributed by atoms with Crippen molar-refractivity contribution in [2.75, 3.05) is 11.8 Å². The zero-order chi connectivity index (χ0) is 17.8. The lowest BCUT2D eigenvalue weighted by Crippen LogP contribution is -1.95. The molecule has 3 aromatic rings. The average Bonchev–Trinajstić information content (AvgIpc) is 2.64. The van der Waals surface area contributed by atoms with Crippen molar-refractivity contribution in [1.29, 1.82) is 0 Å². The number of hydrogen-bond acceptors (Lipinski definition) is 3. The van der Waals surface area contributed by atoms with Gasteiger partial charge in [-0.2, -0.15) is 0 Å². The van der Waals surface area contributed by atoms with Crippen LogP contribution in [-0.2, 0) is 0 Å². The lowest BCUT2D eigenvalue weighted by molar-refractivity contribution is 0.417. The summed E-state index contributed by atoms with van der Waals surface area (Å²) in [7, 11) is 1.59. The number of nitrogens with one attached hydrogen (secondary N) is 1. The molecule has 1 N–H and O–H groups in total. The monoisotopic (exact) mass is 393 g/mol. The van der Waals surface area contributed by atoms with Crippen LogP contribution in [0.25, 0.3) is 11.1 Å². The van der Waals surface area contributed by atoms with E-state index in [1.165, 1.54) is 12.1 Å². The third-order valence-electron chi connectivity index (χ3n) is 3.54.